The van der Waals surface area contributed by atoms with Crippen LogP contribution in [0.15, 0.2) is 54.9 Å². The van der Waals surface area contributed by atoms with Crippen LogP contribution in [0.5, 0.6) is 5.75 Å². The van der Waals surface area contributed by atoms with Crippen LogP contribution in [-0.4, -0.2) is 68.6 Å². The standard InChI is InChI=1S/C23H22ClN7O2/c1-2-33-17-9-7-16(8-10-17)31-22-20(27-28-31)21(25-15-26-22)29-11-13-30(14-12-29)23(32)18-5-3-4-6-19(18)24/h3-10,15H,2,11-14H2,1H3. The third kappa shape index (κ3) is 4.07. The molecule has 10 heteroatoms. The van der Waals surface area contributed by atoms with Gasteiger partial charge in [0.15, 0.2) is 17.0 Å². The topological polar surface area (TPSA) is 89.3 Å². The number of amides is 1. The van der Waals surface area contributed by atoms with E-state index in [1.54, 1.807) is 16.8 Å². The third-order valence-corrected chi connectivity index (χ3v) is 5.91. The van der Waals surface area contributed by atoms with Gasteiger partial charge in [-0.3, -0.25) is 4.79 Å². The highest BCUT2D eigenvalue weighted by molar-refractivity contribution is 6.33. The SMILES string of the molecule is CCOc1ccc(-n2nnc3c(N4CCN(C(=O)c5ccccc5Cl)CC4)ncnc32)cc1. The zero-order chi connectivity index (χ0) is 22.8. The van der Waals surface area contributed by atoms with E-state index >= 15 is 0 Å². The van der Waals surface area contributed by atoms with Crippen LogP contribution in [0.1, 0.15) is 17.3 Å². The number of carbonyl (C=O) groups excluding carboxylic acids is 1. The second-order valence-electron chi connectivity index (χ2n) is 7.56. The summed E-state index contributed by atoms with van der Waals surface area (Å²) < 4.78 is 7.20. The van der Waals surface area contributed by atoms with Gasteiger partial charge in [0.25, 0.3) is 5.91 Å². The van der Waals surface area contributed by atoms with E-state index < -0.39 is 0 Å². The molecule has 1 saturated heterocycles. The maximum atomic E-state index is 12.9. The fourth-order valence-corrected chi connectivity index (χ4v) is 4.14. The molecular weight excluding hydrogens is 442 g/mol. The van der Waals surface area contributed by atoms with Crippen LogP contribution < -0.4 is 9.64 Å². The van der Waals surface area contributed by atoms with Gasteiger partial charge < -0.3 is 14.5 Å². The molecule has 0 bridgehead atoms. The minimum atomic E-state index is -0.0606. The van der Waals surface area contributed by atoms with Crippen molar-refractivity contribution in [3.63, 3.8) is 0 Å². The highest BCUT2D eigenvalue weighted by Gasteiger charge is 2.26. The normalized spacial score (nSPS) is 14.0. The summed E-state index contributed by atoms with van der Waals surface area (Å²) in [4.78, 5) is 25.7. The van der Waals surface area contributed by atoms with E-state index in [2.05, 4.69) is 25.2 Å². The summed E-state index contributed by atoms with van der Waals surface area (Å²) in [5.41, 5.74) is 2.60. The number of hydrogen-bond acceptors (Lipinski definition) is 7. The average Bonchev–Trinajstić information content (AvgIpc) is 3.29. The van der Waals surface area contributed by atoms with Gasteiger partial charge in [-0.1, -0.05) is 28.9 Å². The van der Waals surface area contributed by atoms with Crippen molar-refractivity contribution in [2.45, 2.75) is 6.92 Å². The Balaban J connectivity index is 1.35. The molecule has 4 aromatic rings. The highest BCUT2D eigenvalue weighted by Crippen LogP contribution is 2.25. The fraction of sp³-hybridized carbons (Fsp3) is 0.261. The molecule has 0 aliphatic carbocycles. The van der Waals surface area contributed by atoms with Crippen LogP contribution in [-0.2, 0) is 0 Å². The predicted molar refractivity (Wildman–Crippen MR) is 125 cm³/mol. The van der Waals surface area contributed by atoms with Gasteiger partial charge in [-0.2, -0.15) is 4.68 Å². The second kappa shape index (κ2) is 9.03. The minimum Gasteiger partial charge on any atom is -0.494 e. The third-order valence-electron chi connectivity index (χ3n) is 5.58. The Morgan fingerprint density at radius 1 is 1.03 bits per heavy atom. The van der Waals surface area contributed by atoms with E-state index in [0.717, 1.165) is 11.4 Å². The average molecular weight is 464 g/mol. The fourth-order valence-electron chi connectivity index (χ4n) is 3.92. The van der Waals surface area contributed by atoms with Crippen molar-refractivity contribution in [1.29, 1.82) is 0 Å². The van der Waals surface area contributed by atoms with Gasteiger partial charge in [-0.15, -0.1) is 5.10 Å². The van der Waals surface area contributed by atoms with Crippen LogP contribution in [0.4, 0.5) is 5.82 Å². The quantitative estimate of drug-likeness (QED) is 0.449. The molecule has 0 saturated carbocycles. The zero-order valence-electron chi connectivity index (χ0n) is 18.1. The monoisotopic (exact) mass is 463 g/mol. The molecule has 1 amide bonds. The van der Waals surface area contributed by atoms with Crippen molar-refractivity contribution in [3.05, 3.63) is 65.4 Å². The van der Waals surface area contributed by atoms with Crippen molar-refractivity contribution in [2.24, 2.45) is 0 Å². The number of nitrogens with zero attached hydrogens (tertiary/aromatic N) is 7. The summed E-state index contributed by atoms with van der Waals surface area (Å²) in [5, 5.41) is 9.13. The highest BCUT2D eigenvalue weighted by atomic mass is 35.5. The molecule has 1 aliphatic rings. The van der Waals surface area contributed by atoms with Crippen molar-refractivity contribution < 1.29 is 9.53 Å². The van der Waals surface area contributed by atoms with Crippen LogP contribution in [0.25, 0.3) is 16.9 Å². The van der Waals surface area contributed by atoms with E-state index in [-0.39, 0.29) is 5.91 Å². The van der Waals surface area contributed by atoms with E-state index in [0.29, 0.717) is 60.4 Å². The first-order chi connectivity index (χ1) is 16.2. The summed E-state index contributed by atoms with van der Waals surface area (Å²) in [6.45, 7) is 4.92. The Bertz CT molecular complexity index is 1280. The van der Waals surface area contributed by atoms with Crippen LogP contribution in [0, 0.1) is 0 Å². The largest absolute Gasteiger partial charge is 0.494 e. The summed E-state index contributed by atoms with van der Waals surface area (Å²) in [6, 6.07) is 14.7. The smallest absolute Gasteiger partial charge is 0.255 e. The maximum absolute atomic E-state index is 12.9. The Morgan fingerprint density at radius 2 is 1.79 bits per heavy atom. The van der Waals surface area contributed by atoms with Crippen molar-refractivity contribution in [2.75, 3.05) is 37.7 Å². The van der Waals surface area contributed by atoms with E-state index in [1.807, 2.05) is 48.2 Å². The number of aromatic nitrogens is 5. The van der Waals surface area contributed by atoms with Crippen LogP contribution in [0.3, 0.4) is 0 Å². The predicted octanol–water partition coefficient (Wildman–Crippen LogP) is 3.23. The summed E-state index contributed by atoms with van der Waals surface area (Å²) in [5.74, 6) is 1.45. The molecule has 3 heterocycles. The Hall–Kier alpha value is -3.72. The molecule has 0 spiro atoms. The minimum absolute atomic E-state index is 0.0606. The molecule has 2 aromatic heterocycles. The lowest BCUT2D eigenvalue weighted by atomic mass is 10.2. The molecule has 168 valence electrons. The van der Waals surface area contributed by atoms with Gasteiger partial charge in [0, 0.05) is 26.2 Å². The summed E-state index contributed by atoms with van der Waals surface area (Å²) in [6.07, 6.45) is 1.52. The molecule has 0 atom stereocenters. The first-order valence-corrected chi connectivity index (χ1v) is 11.1. The molecule has 1 aliphatic heterocycles. The van der Waals surface area contributed by atoms with Gasteiger partial charge in [-0.25, -0.2) is 9.97 Å². The number of hydrogen-bond donors (Lipinski definition) is 0. The lowest BCUT2D eigenvalue weighted by molar-refractivity contribution is 0.0747. The molecule has 0 N–H and O–H groups in total. The van der Waals surface area contributed by atoms with E-state index in [9.17, 15) is 4.79 Å². The number of carbonyl (C=O) groups is 1. The number of anilines is 1. The number of halogens is 1. The second-order valence-corrected chi connectivity index (χ2v) is 7.96. The van der Waals surface area contributed by atoms with Crippen molar-refractivity contribution in [3.8, 4) is 11.4 Å². The molecular formula is C23H22ClN7O2. The molecule has 1 fully saturated rings. The molecule has 0 radical (unpaired) electrons. The number of piperazine rings is 1. The van der Waals surface area contributed by atoms with Gasteiger partial charge in [0.05, 0.1) is 22.9 Å². The van der Waals surface area contributed by atoms with E-state index in [4.69, 9.17) is 16.3 Å². The summed E-state index contributed by atoms with van der Waals surface area (Å²) in [7, 11) is 0. The molecule has 9 nitrogen and oxygen atoms in total. The summed E-state index contributed by atoms with van der Waals surface area (Å²) >= 11 is 6.21. The number of ether oxygens (including phenoxy) is 1. The van der Waals surface area contributed by atoms with Crippen LogP contribution >= 0.6 is 11.6 Å². The van der Waals surface area contributed by atoms with Gasteiger partial charge in [-0.05, 0) is 43.3 Å². The number of fused-ring (bicyclic) bond motifs is 1. The lowest BCUT2D eigenvalue weighted by Gasteiger charge is -2.35. The Labute approximate surface area is 195 Å². The van der Waals surface area contributed by atoms with Gasteiger partial charge in [0.2, 0.25) is 0 Å². The number of rotatable bonds is 5. The Kier molecular flexibility index (Phi) is 5.78. The maximum Gasteiger partial charge on any atom is 0.255 e. The van der Waals surface area contributed by atoms with Crippen molar-refractivity contribution in [1.82, 2.24) is 29.9 Å². The molecule has 0 unspecified atom stereocenters. The molecule has 5 rings (SSSR count). The first kappa shape index (κ1) is 21.1. The van der Waals surface area contributed by atoms with Gasteiger partial charge >= 0.3 is 0 Å². The lowest BCUT2D eigenvalue weighted by Crippen LogP contribution is -2.49. The molecule has 33 heavy (non-hydrogen) atoms. The number of benzene rings is 2. The zero-order valence-corrected chi connectivity index (χ0v) is 18.8. The molecule has 2 aromatic carbocycles. The van der Waals surface area contributed by atoms with Gasteiger partial charge in [0.1, 0.15) is 12.1 Å². The Morgan fingerprint density at radius 3 is 2.52 bits per heavy atom. The van der Waals surface area contributed by atoms with Crippen molar-refractivity contribution >= 4 is 34.5 Å². The first-order valence-electron chi connectivity index (χ1n) is 10.7. The van der Waals surface area contributed by atoms with Crippen LogP contribution in [0.2, 0.25) is 5.02 Å². The van der Waals surface area contributed by atoms with E-state index in [1.165, 1.54) is 6.33 Å².